The molecule has 0 fully saturated rings. The normalized spacial score (nSPS) is 10.9. The first-order valence-corrected chi connectivity index (χ1v) is 9.06. The number of anilines is 1. The molecule has 0 aliphatic heterocycles. The van der Waals surface area contributed by atoms with Crippen molar-refractivity contribution in [2.24, 2.45) is 0 Å². The average Bonchev–Trinajstić information content (AvgIpc) is 2.65. The van der Waals surface area contributed by atoms with Crippen LogP contribution in [0.2, 0.25) is 5.02 Å². The van der Waals surface area contributed by atoms with E-state index in [-0.39, 0.29) is 18.4 Å². The van der Waals surface area contributed by atoms with Gasteiger partial charge < -0.3 is 10.4 Å². The summed E-state index contributed by atoms with van der Waals surface area (Å²) >= 11 is 6.17. The third-order valence-electron chi connectivity index (χ3n) is 4.48. The van der Waals surface area contributed by atoms with E-state index >= 15 is 0 Å². The first-order valence-electron chi connectivity index (χ1n) is 8.68. The van der Waals surface area contributed by atoms with Gasteiger partial charge in [-0.2, -0.15) is 0 Å². The Morgan fingerprint density at radius 2 is 2.07 bits per heavy atom. The number of nitrogens with zero attached hydrogens (tertiary/aromatic N) is 2. The molecule has 6 nitrogen and oxygen atoms in total. The monoisotopic (exact) mass is 385 g/mol. The Bertz CT molecular complexity index is 1080. The summed E-state index contributed by atoms with van der Waals surface area (Å²) in [7, 11) is 1.77. The van der Waals surface area contributed by atoms with Crippen LogP contribution in [-0.4, -0.2) is 27.7 Å². The van der Waals surface area contributed by atoms with Crippen LogP contribution in [0.25, 0.3) is 22.2 Å². The Labute approximate surface area is 161 Å². The Morgan fingerprint density at radius 1 is 1.30 bits per heavy atom. The molecular formula is C20H20ClN3O3. The molecule has 0 aliphatic carbocycles. The predicted octanol–water partition coefficient (Wildman–Crippen LogP) is 3.80. The summed E-state index contributed by atoms with van der Waals surface area (Å²) in [5.74, 6) is -0.294. The minimum absolute atomic E-state index is 0.125. The van der Waals surface area contributed by atoms with Crippen LogP contribution in [-0.2, 0) is 17.8 Å². The predicted molar refractivity (Wildman–Crippen MR) is 108 cm³/mol. The number of carboxylic acids is 1. The van der Waals surface area contributed by atoms with Gasteiger partial charge in [-0.15, -0.1) is 0 Å². The second kappa shape index (κ2) is 7.80. The van der Waals surface area contributed by atoms with Gasteiger partial charge in [-0.3, -0.25) is 14.2 Å². The van der Waals surface area contributed by atoms with Crippen LogP contribution in [0, 0.1) is 0 Å². The van der Waals surface area contributed by atoms with Crippen LogP contribution in [0.3, 0.4) is 0 Å². The van der Waals surface area contributed by atoms with Crippen molar-refractivity contribution < 1.29 is 9.90 Å². The summed E-state index contributed by atoms with van der Waals surface area (Å²) in [5, 5.41) is 13.5. The molecule has 1 aromatic carbocycles. The van der Waals surface area contributed by atoms with Crippen molar-refractivity contribution in [1.29, 1.82) is 0 Å². The number of hydrogen-bond acceptors (Lipinski definition) is 4. The van der Waals surface area contributed by atoms with E-state index < -0.39 is 5.97 Å². The number of rotatable bonds is 6. The molecule has 0 amide bonds. The lowest BCUT2D eigenvalue weighted by atomic mass is 9.94. The molecule has 27 heavy (non-hydrogen) atoms. The number of aliphatic carboxylic acids is 1. The number of aryl methyl sites for hydroxylation is 1. The lowest BCUT2D eigenvalue weighted by molar-refractivity contribution is -0.136. The molecule has 3 aromatic rings. The zero-order chi connectivity index (χ0) is 19.6. The van der Waals surface area contributed by atoms with Gasteiger partial charge in [-0.1, -0.05) is 23.7 Å². The molecule has 2 N–H and O–H groups in total. The van der Waals surface area contributed by atoms with Crippen molar-refractivity contribution in [1.82, 2.24) is 9.55 Å². The Balaban J connectivity index is 2.42. The summed E-state index contributed by atoms with van der Waals surface area (Å²) in [5.41, 5.74) is 2.27. The summed E-state index contributed by atoms with van der Waals surface area (Å²) in [6.45, 7) is 2.31. The molecule has 0 unspecified atom stereocenters. The molecule has 0 atom stereocenters. The van der Waals surface area contributed by atoms with Gasteiger partial charge in [0.05, 0.1) is 0 Å². The average molecular weight is 386 g/mol. The first kappa shape index (κ1) is 18.9. The van der Waals surface area contributed by atoms with Crippen LogP contribution in [0.5, 0.6) is 0 Å². The van der Waals surface area contributed by atoms with Gasteiger partial charge in [0.1, 0.15) is 11.5 Å². The second-order valence-electron chi connectivity index (χ2n) is 6.12. The van der Waals surface area contributed by atoms with Crippen molar-refractivity contribution in [3.05, 3.63) is 57.3 Å². The first-order chi connectivity index (χ1) is 13.0. The lowest BCUT2D eigenvalue weighted by Crippen LogP contribution is -2.26. The van der Waals surface area contributed by atoms with Crippen LogP contribution < -0.4 is 10.9 Å². The Kier molecular flexibility index (Phi) is 5.46. The SMILES string of the molecule is CCn1c(=O)c(CCC(=O)O)c(-c2cccc(Cl)c2)c2ccc(NC)nc21. The van der Waals surface area contributed by atoms with Crippen LogP contribution >= 0.6 is 11.6 Å². The molecule has 0 spiro atoms. The van der Waals surface area contributed by atoms with Gasteiger partial charge in [0, 0.05) is 41.5 Å². The summed E-state index contributed by atoms with van der Waals surface area (Å²) < 4.78 is 1.58. The highest BCUT2D eigenvalue weighted by Gasteiger charge is 2.19. The van der Waals surface area contributed by atoms with Crippen molar-refractivity contribution in [2.75, 3.05) is 12.4 Å². The topological polar surface area (TPSA) is 84.2 Å². The number of halogens is 1. The van der Waals surface area contributed by atoms with Crippen LogP contribution in [0.15, 0.2) is 41.2 Å². The van der Waals surface area contributed by atoms with E-state index in [1.807, 2.05) is 31.2 Å². The van der Waals surface area contributed by atoms with Gasteiger partial charge in [0.2, 0.25) is 0 Å². The van der Waals surface area contributed by atoms with Crippen molar-refractivity contribution in [3.63, 3.8) is 0 Å². The third kappa shape index (κ3) is 3.66. The number of carbonyl (C=O) groups is 1. The number of carboxylic acid groups (broad SMARTS) is 1. The summed E-state index contributed by atoms with van der Waals surface area (Å²) in [6.07, 6.45) is 0.0137. The van der Waals surface area contributed by atoms with E-state index in [0.717, 1.165) is 10.9 Å². The maximum atomic E-state index is 13.2. The number of aromatic nitrogens is 2. The Morgan fingerprint density at radius 3 is 2.70 bits per heavy atom. The fourth-order valence-electron chi connectivity index (χ4n) is 3.25. The highest BCUT2D eigenvalue weighted by atomic mass is 35.5. The zero-order valence-corrected chi connectivity index (χ0v) is 15.9. The van der Waals surface area contributed by atoms with Crippen molar-refractivity contribution in [2.45, 2.75) is 26.3 Å². The molecule has 3 rings (SSSR count). The number of fused-ring (bicyclic) bond motifs is 1. The molecule has 140 valence electrons. The standard InChI is InChI=1S/C20H20ClN3O3/c1-3-24-19-14(7-9-16(22-2)23-19)18(12-5-4-6-13(21)11-12)15(20(24)27)8-10-17(25)26/h4-7,9,11H,3,8,10H2,1-2H3,(H,22,23)(H,25,26). The molecule has 0 aliphatic rings. The molecule has 0 saturated heterocycles. The van der Waals surface area contributed by atoms with Gasteiger partial charge >= 0.3 is 5.97 Å². The Hall–Kier alpha value is -2.86. The van der Waals surface area contributed by atoms with Crippen molar-refractivity contribution in [3.8, 4) is 11.1 Å². The fraction of sp³-hybridized carbons (Fsp3) is 0.250. The highest BCUT2D eigenvalue weighted by Crippen LogP contribution is 2.32. The molecule has 0 bridgehead atoms. The molecular weight excluding hydrogens is 366 g/mol. The van der Waals surface area contributed by atoms with Gasteiger partial charge in [-0.25, -0.2) is 4.98 Å². The number of nitrogens with one attached hydrogen (secondary N) is 1. The molecule has 7 heteroatoms. The van der Waals surface area contributed by atoms with Gasteiger partial charge in [-0.05, 0) is 43.2 Å². The highest BCUT2D eigenvalue weighted by molar-refractivity contribution is 6.30. The second-order valence-corrected chi connectivity index (χ2v) is 6.56. The maximum absolute atomic E-state index is 13.2. The summed E-state index contributed by atoms with van der Waals surface area (Å²) in [4.78, 5) is 28.9. The van der Waals surface area contributed by atoms with E-state index in [0.29, 0.717) is 34.2 Å². The third-order valence-corrected chi connectivity index (χ3v) is 4.71. The number of pyridine rings is 2. The maximum Gasteiger partial charge on any atom is 0.303 e. The molecule has 0 radical (unpaired) electrons. The molecule has 2 heterocycles. The number of hydrogen-bond donors (Lipinski definition) is 2. The quantitative estimate of drug-likeness (QED) is 0.674. The lowest BCUT2D eigenvalue weighted by Gasteiger charge is -2.17. The van der Waals surface area contributed by atoms with Gasteiger partial charge in [0.25, 0.3) is 5.56 Å². The minimum atomic E-state index is -0.946. The van der Waals surface area contributed by atoms with Gasteiger partial charge in [0.15, 0.2) is 0 Å². The molecule has 0 saturated carbocycles. The van der Waals surface area contributed by atoms with E-state index in [4.69, 9.17) is 16.7 Å². The fourth-order valence-corrected chi connectivity index (χ4v) is 3.44. The zero-order valence-electron chi connectivity index (χ0n) is 15.1. The minimum Gasteiger partial charge on any atom is -0.481 e. The van der Waals surface area contributed by atoms with Crippen LogP contribution in [0.1, 0.15) is 18.9 Å². The summed E-state index contributed by atoms with van der Waals surface area (Å²) in [6, 6.07) is 11.0. The van der Waals surface area contributed by atoms with E-state index in [1.165, 1.54) is 0 Å². The molecule has 2 aromatic heterocycles. The van der Waals surface area contributed by atoms with Crippen molar-refractivity contribution >= 4 is 34.4 Å². The largest absolute Gasteiger partial charge is 0.481 e. The van der Waals surface area contributed by atoms with E-state index in [9.17, 15) is 9.59 Å². The number of benzene rings is 1. The smallest absolute Gasteiger partial charge is 0.303 e. The van der Waals surface area contributed by atoms with Crippen LogP contribution in [0.4, 0.5) is 5.82 Å². The van der Waals surface area contributed by atoms with E-state index in [1.54, 1.807) is 23.7 Å². The van der Waals surface area contributed by atoms with E-state index in [2.05, 4.69) is 10.3 Å².